The molecule has 2 heterocycles. The second-order valence-corrected chi connectivity index (χ2v) is 9.06. The molecule has 1 N–H and O–H groups in total. The van der Waals surface area contributed by atoms with E-state index in [2.05, 4.69) is 10.2 Å². The molecule has 12 heteroatoms. The topological polar surface area (TPSA) is 125 Å². The number of ether oxygens (including phenoxy) is 1. The molecule has 0 spiro atoms. The molecule has 1 aliphatic rings. The fourth-order valence-electron chi connectivity index (χ4n) is 3.68. The van der Waals surface area contributed by atoms with Crippen molar-refractivity contribution in [2.45, 2.75) is 6.92 Å². The van der Waals surface area contributed by atoms with Gasteiger partial charge in [0.15, 0.2) is 0 Å². The molecule has 0 radical (unpaired) electrons. The highest BCUT2D eigenvalue weighted by molar-refractivity contribution is 7.18. The number of anilines is 2. The zero-order valence-electron chi connectivity index (χ0n) is 19.5. The molecule has 1 fully saturated rings. The number of nitro benzene ring substituents is 1. The number of esters is 1. The summed E-state index contributed by atoms with van der Waals surface area (Å²) in [4.78, 5) is 53.8. The maximum absolute atomic E-state index is 12.7. The van der Waals surface area contributed by atoms with E-state index in [-0.39, 0.29) is 29.6 Å². The van der Waals surface area contributed by atoms with Crippen LogP contribution in [0, 0.1) is 17.0 Å². The van der Waals surface area contributed by atoms with Crippen molar-refractivity contribution in [3.8, 4) is 0 Å². The average Bonchev–Trinajstić information content (AvgIpc) is 3.13. The van der Waals surface area contributed by atoms with E-state index in [1.54, 1.807) is 33.2 Å². The van der Waals surface area contributed by atoms with Crippen molar-refractivity contribution in [3.63, 3.8) is 0 Å². The third-order valence-electron chi connectivity index (χ3n) is 5.55. The number of nitro groups is 1. The average molecular weight is 490 g/mol. The highest BCUT2D eigenvalue weighted by Gasteiger charge is 2.28. The van der Waals surface area contributed by atoms with Crippen LogP contribution in [0.3, 0.4) is 0 Å². The summed E-state index contributed by atoms with van der Waals surface area (Å²) in [5.41, 5.74) is 1.60. The number of thiophene rings is 1. The second kappa shape index (κ2) is 10.6. The first-order valence-electron chi connectivity index (χ1n) is 10.6. The van der Waals surface area contributed by atoms with Crippen LogP contribution in [0.2, 0.25) is 0 Å². The molecule has 0 aliphatic carbocycles. The largest absolute Gasteiger partial charge is 0.465 e. The Balaban J connectivity index is 1.63. The van der Waals surface area contributed by atoms with Gasteiger partial charge in [0.1, 0.15) is 5.00 Å². The number of rotatable bonds is 7. The van der Waals surface area contributed by atoms with Crippen molar-refractivity contribution in [1.82, 2.24) is 9.80 Å². The summed E-state index contributed by atoms with van der Waals surface area (Å²) in [6.45, 7) is 4.37. The summed E-state index contributed by atoms with van der Waals surface area (Å²) in [6.07, 6.45) is 0. The quantitative estimate of drug-likeness (QED) is 0.357. The predicted octanol–water partition coefficient (Wildman–Crippen LogP) is 2.21. The first kappa shape index (κ1) is 25.1. The van der Waals surface area contributed by atoms with E-state index >= 15 is 0 Å². The van der Waals surface area contributed by atoms with Gasteiger partial charge in [0, 0.05) is 58.1 Å². The Morgan fingerprint density at radius 2 is 1.76 bits per heavy atom. The molecule has 1 aromatic carbocycles. The van der Waals surface area contributed by atoms with Gasteiger partial charge in [0.2, 0.25) is 5.91 Å². The molecule has 0 unspecified atom stereocenters. The Bertz CT molecular complexity index is 1090. The van der Waals surface area contributed by atoms with Gasteiger partial charge in [0.05, 0.1) is 29.0 Å². The van der Waals surface area contributed by atoms with Gasteiger partial charge in [-0.25, -0.2) is 4.79 Å². The molecule has 11 nitrogen and oxygen atoms in total. The Hall–Kier alpha value is -3.51. The standard InChI is InChI=1S/C22H27N5O6S/c1-14-18(22(30)33-4)20(34-19(14)21(29)24(2)3)23-17(28)13-25-9-11-26(12-10-25)15-5-7-16(8-6-15)27(31)32/h5-8H,9-13H2,1-4H3,(H,23,28). The van der Waals surface area contributed by atoms with Crippen molar-refractivity contribution in [1.29, 1.82) is 0 Å². The summed E-state index contributed by atoms with van der Waals surface area (Å²) >= 11 is 1.06. The van der Waals surface area contributed by atoms with Crippen LogP contribution >= 0.6 is 11.3 Å². The molecule has 0 atom stereocenters. The number of benzene rings is 1. The number of nitrogens with one attached hydrogen (secondary N) is 1. The number of piperazine rings is 1. The molecule has 34 heavy (non-hydrogen) atoms. The lowest BCUT2D eigenvalue weighted by Crippen LogP contribution is -2.48. The van der Waals surface area contributed by atoms with Crippen molar-refractivity contribution in [3.05, 3.63) is 50.4 Å². The van der Waals surface area contributed by atoms with Crippen LogP contribution in [0.15, 0.2) is 24.3 Å². The van der Waals surface area contributed by atoms with Gasteiger partial charge in [-0.2, -0.15) is 0 Å². The van der Waals surface area contributed by atoms with Gasteiger partial charge in [-0.1, -0.05) is 0 Å². The Morgan fingerprint density at radius 3 is 2.29 bits per heavy atom. The van der Waals surface area contributed by atoms with E-state index in [9.17, 15) is 24.5 Å². The maximum Gasteiger partial charge on any atom is 0.341 e. The van der Waals surface area contributed by atoms with Crippen LogP contribution in [-0.4, -0.2) is 86.4 Å². The maximum atomic E-state index is 12.7. The van der Waals surface area contributed by atoms with E-state index in [1.807, 2.05) is 4.90 Å². The van der Waals surface area contributed by atoms with E-state index < -0.39 is 10.9 Å². The summed E-state index contributed by atoms with van der Waals surface area (Å²) in [5, 5.41) is 13.9. The highest BCUT2D eigenvalue weighted by Crippen LogP contribution is 2.34. The smallest absolute Gasteiger partial charge is 0.341 e. The molecule has 1 aliphatic heterocycles. The second-order valence-electron chi connectivity index (χ2n) is 8.04. The minimum atomic E-state index is -0.612. The van der Waals surface area contributed by atoms with Crippen molar-refractivity contribution in [2.24, 2.45) is 0 Å². The van der Waals surface area contributed by atoms with E-state index in [1.165, 1.54) is 24.1 Å². The molecule has 1 saturated heterocycles. The number of nitrogens with zero attached hydrogens (tertiary/aromatic N) is 4. The summed E-state index contributed by atoms with van der Waals surface area (Å²) in [7, 11) is 4.49. The molecule has 0 bridgehead atoms. The molecule has 182 valence electrons. The third-order valence-corrected chi connectivity index (χ3v) is 6.75. The number of amides is 2. The first-order valence-corrected chi connectivity index (χ1v) is 11.4. The number of methoxy groups -OCH3 is 1. The Kier molecular flexibility index (Phi) is 7.84. The zero-order chi connectivity index (χ0) is 25.0. The molecular formula is C22H27N5O6S. The van der Waals surface area contributed by atoms with Crippen LogP contribution in [0.25, 0.3) is 0 Å². The number of hydrogen-bond donors (Lipinski definition) is 1. The van der Waals surface area contributed by atoms with Crippen molar-refractivity contribution < 1.29 is 24.0 Å². The SMILES string of the molecule is COC(=O)c1c(NC(=O)CN2CCN(c3ccc([N+](=O)[O-])cc3)CC2)sc(C(=O)N(C)C)c1C. The zero-order valence-corrected chi connectivity index (χ0v) is 20.3. The number of carbonyl (C=O) groups excluding carboxylic acids is 3. The molecule has 3 rings (SSSR count). The number of hydrogen-bond acceptors (Lipinski definition) is 9. The summed E-state index contributed by atoms with van der Waals surface area (Å²) < 4.78 is 4.86. The van der Waals surface area contributed by atoms with Gasteiger partial charge < -0.3 is 19.9 Å². The van der Waals surface area contributed by atoms with Gasteiger partial charge in [-0.15, -0.1) is 11.3 Å². The van der Waals surface area contributed by atoms with Gasteiger partial charge >= 0.3 is 5.97 Å². The molecular weight excluding hydrogens is 462 g/mol. The van der Waals surface area contributed by atoms with Crippen LogP contribution in [0.4, 0.5) is 16.4 Å². The summed E-state index contributed by atoms with van der Waals surface area (Å²) in [5.74, 6) is -1.16. The van der Waals surface area contributed by atoms with Crippen LogP contribution in [-0.2, 0) is 9.53 Å². The Labute approximate surface area is 201 Å². The van der Waals surface area contributed by atoms with E-state index in [4.69, 9.17) is 4.74 Å². The number of carbonyl (C=O) groups is 3. The third kappa shape index (κ3) is 5.51. The fourth-order valence-corrected chi connectivity index (χ4v) is 4.91. The minimum Gasteiger partial charge on any atom is -0.465 e. The molecule has 2 amide bonds. The molecule has 1 aromatic heterocycles. The first-order chi connectivity index (χ1) is 16.1. The van der Waals surface area contributed by atoms with Crippen LogP contribution < -0.4 is 10.2 Å². The van der Waals surface area contributed by atoms with Crippen LogP contribution in [0.5, 0.6) is 0 Å². The summed E-state index contributed by atoms with van der Waals surface area (Å²) in [6, 6.07) is 6.40. The molecule has 2 aromatic rings. The van der Waals surface area contributed by atoms with Gasteiger partial charge in [-0.05, 0) is 24.6 Å². The minimum absolute atomic E-state index is 0.0460. The Morgan fingerprint density at radius 1 is 1.15 bits per heavy atom. The lowest BCUT2D eigenvalue weighted by molar-refractivity contribution is -0.384. The van der Waals surface area contributed by atoms with Crippen LogP contribution in [0.1, 0.15) is 25.6 Å². The fraction of sp³-hybridized carbons (Fsp3) is 0.409. The monoisotopic (exact) mass is 489 g/mol. The molecule has 0 saturated carbocycles. The normalized spacial score (nSPS) is 13.9. The van der Waals surface area contributed by atoms with Gasteiger partial charge in [0.25, 0.3) is 11.6 Å². The van der Waals surface area contributed by atoms with Crippen molar-refractivity contribution >= 4 is 45.5 Å². The number of non-ortho nitro benzene ring substituents is 1. The lowest BCUT2D eigenvalue weighted by atomic mass is 10.1. The van der Waals surface area contributed by atoms with Crippen molar-refractivity contribution in [2.75, 3.05) is 64.1 Å². The van der Waals surface area contributed by atoms with E-state index in [0.29, 0.717) is 41.6 Å². The lowest BCUT2D eigenvalue weighted by Gasteiger charge is -2.35. The van der Waals surface area contributed by atoms with Gasteiger partial charge in [-0.3, -0.25) is 24.6 Å². The van der Waals surface area contributed by atoms with E-state index in [0.717, 1.165) is 17.0 Å². The highest BCUT2D eigenvalue weighted by atomic mass is 32.1. The predicted molar refractivity (Wildman–Crippen MR) is 129 cm³/mol.